The van der Waals surface area contributed by atoms with Crippen molar-refractivity contribution in [2.45, 2.75) is 51.9 Å². The van der Waals surface area contributed by atoms with Gasteiger partial charge in [0.1, 0.15) is 11.1 Å². The fraction of sp³-hybridized carbons (Fsp3) is 0.667. The predicted molar refractivity (Wildman–Crippen MR) is 87.8 cm³/mol. The van der Waals surface area contributed by atoms with Gasteiger partial charge in [-0.3, -0.25) is 4.79 Å². The number of carbonyl (C=O) groups excluding carboxylic acids is 1. The van der Waals surface area contributed by atoms with Gasteiger partial charge < -0.3 is 5.32 Å². The van der Waals surface area contributed by atoms with Crippen molar-refractivity contribution in [3.8, 4) is 6.07 Å². The summed E-state index contributed by atoms with van der Waals surface area (Å²) >= 11 is 1.64. The summed E-state index contributed by atoms with van der Waals surface area (Å²) in [6.45, 7) is 2.27. The maximum Gasteiger partial charge on any atom is 0.228 e. The lowest BCUT2D eigenvalue weighted by atomic mass is 9.88. The third kappa shape index (κ3) is 2.27. The predicted octanol–water partition coefficient (Wildman–Crippen LogP) is 4.12. The number of anilines is 1. The van der Waals surface area contributed by atoms with Crippen molar-refractivity contribution in [1.82, 2.24) is 0 Å². The van der Waals surface area contributed by atoms with Crippen LogP contribution in [0.15, 0.2) is 0 Å². The molecule has 0 unspecified atom stereocenters. The Bertz CT molecular complexity index is 657. The number of nitrogens with one attached hydrogen (secondary N) is 1. The maximum atomic E-state index is 12.6. The molecule has 22 heavy (non-hydrogen) atoms. The van der Waals surface area contributed by atoms with Crippen LogP contribution in [0.4, 0.5) is 5.00 Å². The smallest absolute Gasteiger partial charge is 0.228 e. The van der Waals surface area contributed by atoms with E-state index in [0.717, 1.165) is 42.2 Å². The monoisotopic (exact) mass is 314 g/mol. The zero-order valence-corrected chi connectivity index (χ0v) is 13.8. The highest BCUT2D eigenvalue weighted by Gasteiger charge is 2.43. The Balaban J connectivity index is 1.56. The van der Waals surface area contributed by atoms with E-state index in [0.29, 0.717) is 11.8 Å². The van der Waals surface area contributed by atoms with Crippen LogP contribution in [-0.4, -0.2) is 5.91 Å². The second-order valence-electron chi connectivity index (χ2n) is 7.44. The molecule has 3 aliphatic rings. The van der Waals surface area contributed by atoms with Crippen molar-refractivity contribution < 1.29 is 4.79 Å². The number of rotatable bonds is 2. The fourth-order valence-electron chi connectivity index (χ4n) is 4.73. The molecule has 4 rings (SSSR count). The van der Waals surface area contributed by atoms with Crippen LogP contribution in [0.3, 0.4) is 0 Å². The molecule has 4 atom stereocenters. The van der Waals surface area contributed by atoms with Crippen molar-refractivity contribution in [3.63, 3.8) is 0 Å². The molecule has 2 bridgehead atoms. The normalized spacial score (nSPS) is 32.5. The van der Waals surface area contributed by atoms with Crippen LogP contribution in [-0.2, 0) is 17.6 Å². The number of carbonyl (C=O) groups is 1. The van der Waals surface area contributed by atoms with Crippen molar-refractivity contribution in [2.75, 3.05) is 5.32 Å². The van der Waals surface area contributed by atoms with E-state index in [1.165, 1.54) is 29.7 Å². The van der Waals surface area contributed by atoms with Crippen molar-refractivity contribution in [2.24, 2.45) is 23.7 Å². The molecule has 4 heteroatoms. The second-order valence-corrected chi connectivity index (χ2v) is 8.54. The minimum Gasteiger partial charge on any atom is -0.316 e. The molecule has 3 aliphatic carbocycles. The summed E-state index contributed by atoms with van der Waals surface area (Å²) < 4.78 is 0. The van der Waals surface area contributed by atoms with Gasteiger partial charge in [0.05, 0.1) is 5.56 Å². The van der Waals surface area contributed by atoms with Gasteiger partial charge in [-0.05, 0) is 61.8 Å². The quantitative estimate of drug-likeness (QED) is 0.892. The number of fused-ring (bicyclic) bond motifs is 3. The first-order valence-electron chi connectivity index (χ1n) is 8.51. The Hall–Kier alpha value is -1.34. The van der Waals surface area contributed by atoms with E-state index in [1.807, 2.05) is 0 Å². The first-order chi connectivity index (χ1) is 10.7. The van der Waals surface area contributed by atoms with E-state index in [9.17, 15) is 10.1 Å². The minimum atomic E-state index is 0.162. The summed E-state index contributed by atoms with van der Waals surface area (Å²) in [5, 5.41) is 13.4. The number of nitriles is 1. The number of thiophene rings is 1. The van der Waals surface area contributed by atoms with E-state index < -0.39 is 0 Å². The molecule has 0 saturated heterocycles. The van der Waals surface area contributed by atoms with Gasteiger partial charge in [0.2, 0.25) is 5.91 Å². The molecule has 2 saturated carbocycles. The summed E-state index contributed by atoms with van der Waals surface area (Å²) in [5.41, 5.74) is 1.94. The highest BCUT2D eigenvalue weighted by atomic mass is 32.1. The number of hydrogen-bond acceptors (Lipinski definition) is 3. The Kier molecular flexibility index (Phi) is 3.49. The summed E-state index contributed by atoms with van der Waals surface area (Å²) in [4.78, 5) is 14.0. The molecule has 3 nitrogen and oxygen atoms in total. The molecule has 1 heterocycles. The third-order valence-corrected chi connectivity index (χ3v) is 7.10. The van der Waals surface area contributed by atoms with Crippen molar-refractivity contribution in [3.05, 3.63) is 16.0 Å². The van der Waals surface area contributed by atoms with Gasteiger partial charge in [0.15, 0.2) is 0 Å². The molecule has 0 aliphatic heterocycles. The second kappa shape index (κ2) is 5.38. The lowest BCUT2D eigenvalue weighted by Gasteiger charge is -2.20. The maximum absolute atomic E-state index is 12.6. The number of hydrogen-bond donors (Lipinski definition) is 1. The van der Waals surface area contributed by atoms with Gasteiger partial charge >= 0.3 is 0 Å². The molecule has 0 aromatic carbocycles. The third-order valence-electron chi connectivity index (χ3n) is 5.94. The van der Waals surface area contributed by atoms with E-state index in [2.05, 4.69) is 18.3 Å². The van der Waals surface area contributed by atoms with E-state index in [4.69, 9.17) is 0 Å². The molecule has 1 aromatic rings. The first kappa shape index (κ1) is 14.3. The van der Waals surface area contributed by atoms with Gasteiger partial charge in [-0.2, -0.15) is 5.26 Å². The first-order valence-corrected chi connectivity index (χ1v) is 9.32. The molecule has 1 amide bonds. The molecule has 0 radical (unpaired) electrons. The average Bonchev–Trinajstić information content (AvgIpc) is 3.19. The zero-order chi connectivity index (χ0) is 15.3. The van der Waals surface area contributed by atoms with Gasteiger partial charge in [-0.15, -0.1) is 11.3 Å². The van der Waals surface area contributed by atoms with Crippen molar-refractivity contribution >= 4 is 22.2 Å². The molecule has 2 fully saturated rings. The zero-order valence-electron chi connectivity index (χ0n) is 13.0. The lowest BCUT2D eigenvalue weighted by Crippen LogP contribution is -2.27. The van der Waals surface area contributed by atoms with E-state index in [1.54, 1.807) is 11.3 Å². The van der Waals surface area contributed by atoms with Crippen LogP contribution in [0.25, 0.3) is 0 Å². The summed E-state index contributed by atoms with van der Waals surface area (Å²) in [7, 11) is 0. The highest BCUT2D eigenvalue weighted by Crippen LogP contribution is 2.49. The van der Waals surface area contributed by atoms with Crippen LogP contribution in [0.1, 0.15) is 55.0 Å². The molecule has 1 N–H and O–H groups in total. The molecular weight excluding hydrogens is 292 g/mol. The van der Waals surface area contributed by atoms with Gasteiger partial charge in [0, 0.05) is 10.8 Å². The van der Waals surface area contributed by atoms with Crippen LogP contribution < -0.4 is 5.32 Å². The molecule has 1 aromatic heterocycles. The van der Waals surface area contributed by atoms with E-state index >= 15 is 0 Å². The highest BCUT2D eigenvalue weighted by molar-refractivity contribution is 7.16. The number of amides is 1. The Labute approximate surface area is 135 Å². The number of nitrogens with zero attached hydrogens (tertiary/aromatic N) is 1. The average molecular weight is 314 g/mol. The van der Waals surface area contributed by atoms with Crippen molar-refractivity contribution in [1.29, 1.82) is 5.26 Å². The van der Waals surface area contributed by atoms with Gasteiger partial charge in [-0.1, -0.05) is 13.3 Å². The summed E-state index contributed by atoms with van der Waals surface area (Å²) in [6.07, 6.45) is 8.01. The topological polar surface area (TPSA) is 52.9 Å². The Morgan fingerprint density at radius 3 is 2.86 bits per heavy atom. The van der Waals surface area contributed by atoms with Crippen LogP contribution in [0.2, 0.25) is 0 Å². The van der Waals surface area contributed by atoms with Crippen LogP contribution in [0, 0.1) is 35.0 Å². The SMILES string of the molecule is C[C@H]1CCc2c(sc(NC(=O)[C@H]3C[C@H]4CC[C@H]3C4)c2C#N)C1. The summed E-state index contributed by atoms with van der Waals surface area (Å²) in [5.74, 6) is 2.39. The Morgan fingerprint density at radius 1 is 1.32 bits per heavy atom. The van der Waals surface area contributed by atoms with Gasteiger partial charge in [0.25, 0.3) is 0 Å². The van der Waals surface area contributed by atoms with Crippen LogP contribution >= 0.6 is 11.3 Å². The molecular formula is C18H22N2OS. The largest absolute Gasteiger partial charge is 0.316 e. The standard InChI is InChI=1S/C18H22N2OS/c1-10-2-5-13-15(9-19)18(22-16(13)6-10)20-17(21)14-8-11-3-4-12(14)7-11/h10-12,14H,2-8H2,1H3,(H,20,21)/t10-,11-,12-,14-/m0/s1. The minimum absolute atomic E-state index is 0.162. The summed E-state index contributed by atoms with van der Waals surface area (Å²) in [6, 6.07) is 2.34. The Morgan fingerprint density at radius 2 is 2.18 bits per heavy atom. The van der Waals surface area contributed by atoms with Crippen LogP contribution in [0.5, 0.6) is 0 Å². The molecule has 116 valence electrons. The van der Waals surface area contributed by atoms with E-state index in [-0.39, 0.29) is 11.8 Å². The van der Waals surface area contributed by atoms with Gasteiger partial charge in [-0.25, -0.2) is 0 Å². The molecule has 0 spiro atoms. The lowest BCUT2D eigenvalue weighted by molar-refractivity contribution is -0.121. The fourth-order valence-corrected chi connectivity index (χ4v) is 6.09.